The second-order valence-electron chi connectivity index (χ2n) is 7.06. The normalized spacial score (nSPS) is 15.2. The molecule has 0 spiro atoms. The van der Waals surface area contributed by atoms with Gasteiger partial charge in [-0.05, 0) is 69.9 Å². The van der Waals surface area contributed by atoms with Gasteiger partial charge >= 0.3 is 0 Å². The molecule has 146 valence electrons. The van der Waals surface area contributed by atoms with Crippen LogP contribution in [0.3, 0.4) is 0 Å². The maximum Gasteiger partial charge on any atom is 0.202 e. The van der Waals surface area contributed by atoms with Gasteiger partial charge in [0.1, 0.15) is 21.8 Å². The van der Waals surface area contributed by atoms with E-state index in [4.69, 9.17) is 11.6 Å². The Morgan fingerprint density at radius 2 is 1.89 bits per heavy atom. The Labute approximate surface area is 172 Å². The lowest BCUT2D eigenvalue weighted by atomic mass is 10.2. The van der Waals surface area contributed by atoms with Crippen LogP contribution in [0.15, 0.2) is 40.5 Å². The van der Waals surface area contributed by atoms with Crippen molar-refractivity contribution in [3.63, 3.8) is 0 Å². The minimum Gasteiger partial charge on any atom is -0.300 e. The molecule has 3 aromatic rings. The van der Waals surface area contributed by atoms with Crippen molar-refractivity contribution in [2.45, 2.75) is 41.9 Å². The molecule has 2 aromatic heterocycles. The van der Waals surface area contributed by atoms with Crippen molar-refractivity contribution >= 4 is 23.4 Å². The van der Waals surface area contributed by atoms with Gasteiger partial charge in [0.2, 0.25) is 5.16 Å². The van der Waals surface area contributed by atoms with Crippen LogP contribution in [0.1, 0.15) is 43.4 Å². The summed E-state index contributed by atoms with van der Waals surface area (Å²) in [6.07, 6.45) is 2.20. The van der Waals surface area contributed by atoms with Crippen molar-refractivity contribution in [1.82, 2.24) is 29.6 Å². The molecule has 0 amide bonds. The van der Waals surface area contributed by atoms with E-state index in [0.29, 0.717) is 16.2 Å². The third kappa shape index (κ3) is 4.04. The summed E-state index contributed by atoms with van der Waals surface area (Å²) in [5.41, 5.74) is 0.792. The molecule has 28 heavy (non-hydrogen) atoms. The number of aromatic nitrogens is 5. The molecule has 0 radical (unpaired) electrons. The van der Waals surface area contributed by atoms with Gasteiger partial charge < -0.3 is 0 Å². The highest BCUT2D eigenvalue weighted by atomic mass is 35.5. The number of hydrogen-bond donors (Lipinski definition) is 0. The molecule has 1 saturated carbocycles. The van der Waals surface area contributed by atoms with E-state index in [1.807, 2.05) is 30.5 Å². The number of benzene rings is 1. The fourth-order valence-corrected chi connectivity index (χ4v) is 3.89. The van der Waals surface area contributed by atoms with Crippen LogP contribution in [-0.2, 0) is 0 Å². The summed E-state index contributed by atoms with van der Waals surface area (Å²) in [7, 11) is 3.96. The fourth-order valence-electron chi connectivity index (χ4n) is 2.77. The minimum atomic E-state index is -0.287. The predicted molar refractivity (Wildman–Crippen MR) is 107 cm³/mol. The van der Waals surface area contributed by atoms with Crippen LogP contribution >= 0.6 is 23.4 Å². The lowest BCUT2D eigenvalue weighted by molar-refractivity contribution is 0.305. The second kappa shape index (κ2) is 7.77. The first-order valence-corrected chi connectivity index (χ1v) is 10.2. The fraction of sp³-hybridized carbons (Fsp3) is 0.368. The first kappa shape index (κ1) is 19.3. The summed E-state index contributed by atoms with van der Waals surface area (Å²) in [4.78, 5) is 11.0. The van der Waals surface area contributed by atoms with Crippen LogP contribution in [0.5, 0.6) is 0 Å². The molecule has 4 rings (SSSR count). The molecule has 2 heterocycles. The third-order valence-electron chi connectivity index (χ3n) is 4.72. The van der Waals surface area contributed by atoms with E-state index < -0.39 is 0 Å². The molecule has 0 aliphatic heterocycles. The van der Waals surface area contributed by atoms with Crippen LogP contribution in [0.2, 0.25) is 5.15 Å². The van der Waals surface area contributed by atoms with E-state index in [0.717, 1.165) is 35.2 Å². The maximum absolute atomic E-state index is 13.4. The van der Waals surface area contributed by atoms with E-state index in [-0.39, 0.29) is 11.9 Å². The van der Waals surface area contributed by atoms with Crippen molar-refractivity contribution < 1.29 is 4.39 Å². The number of rotatable bonds is 6. The first-order valence-electron chi connectivity index (χ1n) is 9.02. The standard InChI is InChI=1S/C19H20ClFN6S/c1-11(26(2)3)18-24-25-19(27(18)14-8-6-13(21)7-9-14)28-16-10-15(20)22-17(23-16)12-4-5-12/h6-12H,4-5H2,1-3H3. The Morgan fingerprint density at radius 3 is 2.54 bits per heavy atom. The van der Waals surface area contributed by atoms with Gasteiger partial charge in [0.25, 0.3) is 0 Å². The average Bonchev–Trinajstić information content (AvgIpc) is 3.43. The predicted octanol–water partition coefficient (Wildman–Crippen LogP) is 4.50. The summed E-state index contributed by atoms with van der Waals surface area (Å²) in [6.45, 7) is 2.05. The van der Waals surface area contributed by atoms with Gasteiger partial charge in [-0.2, -0.15) is 0 Å². The van der Waals surface area contributed by atoms with Gasteiger partial charge in [0, 0.05) is 17.7 Å². The highest BCUT2D eigenvalue weighted by Crippen LogP contribution is 2.40. The molecule has 1 aliphatic carbocycles. The molecule has 1 fully saturated rings. The Balaban J connectivity index is 1.75. The van der Waals surface area contributed by atoms with Crippen LogP contribution in [-0.4, -0.2) is 43.7 Å². The van der Waals surface area contributed by atoms with Crippen LogP contribution in [0.4, 0.5) is 4.39 Å². The van der Waals surface area contributed by atoms with E-state index in [9.17, 15) is 4.39 Å². The Hall–Kier alpha value is -2.03. The zero-order valence-electron chi connectivity index (χ0n) is 15.8. The molecule has 1 aromatic carbocycles. The van der Waals surface area contributed by atoms with Crippen molar-refractivity contribution in [2.75, 3.05) is 14.1 Å². The van der Waals surface area contributed by atoms with Crippen molar-refractivity contribution in [3.8, 4) is 5.69 Å². The molecule has 9 heteroatoms. The van der Waals surface area contributed by atoms with Crippen LogP contribution < -0.4 is 0 Å². The number of nitrogens with zero attached hydrogens (tertiary/aromatic N) is 6. The van der Waals surface area contributed by atoms with Gasteiger partial charge in [-0.25, -0.2) is 14.4 Å². The highest BCUT2D eigenvalue weighted by Gasteiger charge is 2.28. The topological polar surface area (TPSA) is 59.7 Å². The molecular weight excluding hydrogens is 399 g/mol. The summed E-state index contributed by atoms with van der Waals surface area (Å²) >= 11 is 7.58. The molecule has 6 nitrogen and oxygen atoms in total. The average molecular weight is 419 g/mol. The molecule has 1 unspecified atom stereocenters. The summed E-state index contributed by atoms with van der Waals surface area (Å²) in [6, 6.07) is 8.05. The lowest BCUT2D eigenvalue weighted by Crippen LogP contribution is -2.20. The zero-order chi connectivity index (χ0) is 19.8. The van der Waals surface area contributed by atoms with E-state index in [1.54, 1.807) is 18.2 Å². The Bertz CT molecular complexity index is 987. The van der Waals surface area contributed by atoms with Gasteiger partial charge in [-0.15, -0.1) is 10.2 Å². The smallest absolute Gasteiger partial charge is 0.202 e. The first-order chi connectivity index (χ1) is 13.4. The zero-order valence-corrected chi connectivity index (χ0v) is 17.4. The van der Waals surface area contributed by atoms with E-state index in [1.165, 1.54) is 23.9 Å². The number of halogens is 2. The maximum atomic E-state index is 13.4. The summed E-state index contributed by atoms with van der Waals surface area (Å²) in [5, 5.41) is 10.6. The van der Waals surface area contributed by atoms with Crippen molar-refractivity contribution in [3.05, 3.63) is 53.0 Å². The Morgan fingerprint density at radius 1 is 1.18 bits per heavy atom. The molecule has 0 bridgehead atoms. The third-order valence-corrected chi connectivity index (χ3v) is 5.78. The lowest BCUT2D eigenvalue weighted by Gasteiger charge is -2.20. The van der Waals surface area contributed by atoms with Crippen LogP contribution in [0, 0.1) is 5.82 Å². The van der Waals surface area contributed by atoms with Gasteiger partial charge in [-0.1, -0.05) is 11.6 Å². The SMILES string of the molecule is CC(c1nnc(Sc2cc(Cl)nc(C3CC3)n2)n1-c1ccc(F)cc1)N(C)C. The van der Waals surface area contributed by atoms with E-state index >= 15 is 0 Å². The van der Waals surface area contributed by atoms with Gasteiger partial charge in [-0.3, -0.25) is 9.47 Å². The van der Waals surface area contributed by atoms with Crippen molar-refractivity contribution in [2.24, 2.45) is 0 Å². The van der Waals surface area contributed by atoms with Crippen molar-refractivity contribution in [1.29, 1.82) is 0 Å². The summed E-state index contributed by atoms with van der Waals surface area (Å²) in [5.74, 6) is 1.66. The second-order valence-corrected chi connectivity index (χ2v) is 8.43. The Kier molecular flexibility index (Phi) is 5.35. The van der Waals surface area contributed by atoms with Gasteiger partial charge in [0.05, 0.1) is 6.04 Å². The molecular formula is C19H20ClFN6S. The molecule has 1 aliphatic rings. The minimum absolute atomic E-state index is 0.0166. The number of hydrogen-bond acceptors (Lipinski definition) is 6. The monoisotopic (exact) mass is 418 g/mol. The molecule has 0 N–H and O–H groups in total. The quantitative estimate of drug-likeness (QED) is 0.549. The van der Waals surface area contributed by atoms with E-state index in [2.05, 4.69) is 20.2 Å². The largest absolute Gasteiger partial charge is 0.300 e. The highest BCUT2D eigenvalue weighted by molar-refractivity contribution is 7.99. The summed E-state index contributed by atoms with van der Waals surface area (Å²) < 4.78 is 15.4. The van der Waals surface area contributed by atoms with Crippen LogP contribution in [0.25, 0.3) is 5.69 Å². The van der Waals surface area contributed by atoms with Gasteiger partial charge in [0.15, 0.2) is 5.82 Å². The molecule has 1 atom stereocenters. The molecule has 0 saturated heterocycles.